The van der Waals surface area contributed by atoms with Crippen LogP contribution in [0.4, 0.5) is 21.9 Å². The number of para-hydroxylation sites is 3. The van der Waals surface area contributed by atoms with Crippen LogP contribution in [0.1, 0.15) is 23.2 Å². The Morgan fingerprint density at radius 2 is 1.71 bits per heavy atom. The second kappa shape index (κ2) is 9.38. The number of carbonyl (C=O) groups excluding carboxylic acids is 2. The van der Waals surface area contributed by atoms with Crippen molar-refractivity contribution in [2.24, 2.45) is 0 Å². The van der Waals surface area contributed by atoms with Gasteiger partial charge in [0.1, 0.15) is 6.26 Å². The highest BCUT2D eigenvalue weighted by atomic mass is 16.3. The normalized spacial score (nSPS) is 14.2. The molecule has 7 heteroatoms. The van der Waals surface area contributed by atoms with E-state index >= 15 is 0 Å². The molecule has 2 aromatic carbocycles. The Labute approximate surface area is 181 Å². The molecule has 1 aliphatic rings. The fourth-order valence-corrected chi connectivity index (χ4v) is 3.80. The molecule has 0 aliphatic carbocycles. The highest BCUT2D eigenvalue weighted by molar-refractivity contribution is 5.95. The fourth-order valence-electron chi connectivity index (χ4n) is 3.80. The van der Waals surface area contributed by atoms with E-state index in [1.807, 2.05) is 66.5 Å². The van der Waals surface area contributed by atoms with E-state index < -0.39 is 0 Å². The summed E-state index contributed by atoms with van der Waals surface area (Å²) in [5, 5.41) is 6.02. The minimum absolute atomic E-state index is 0.0208. The van der Waals surface area contributed by atoms with Crippen LogP contribution < -0.4 is 15.5 Å². The first-order valence-corrected chi connectivity index (χ1v) is 10.4. The number of nitrogens with one attached hydrogen (secondary N) is 2. The zero-order chi connectivity index (χ0) is 21.6. The van der Waals surface area contributed by atoms with Crippen LogP contribution in [-0.2, 0) is 0 Å². The topological polar surface area (TPSA) is 77.8 Å². The molecule has 160 valence electrons. The Morgan fingerprint density at radius 1 is 1.00 bits per heavy atom. The third kappa shape index (κ3) is 4.88. The van der Waals surface area contributed by atoms with Crippen molar-refractivity contribution in [1.29, 1.82) is 0 Å². The number of carbonyl (C=O) groups is 2. The lowest BCUT2D eigenvalue weighted by atomic mass is 10.0. The summed E-state index contributed by atoms with van der Waals surface area (Å²) in [7, 11) is 1.97. The standard InChI is InChI=1S/C24H26N4O3/c1-27(20-7-3-2-4-8-20)22-10-6-5-9-21(22)26-24(30)25-19-11-14-28(15-12-19)23(29)18-13-16-31-17-18/h2-10,13,16-17,19H,11-12,14-15H2,1H3,(H2,25,26,30). The van der Waals surface area contributed by atoms with Gasteiger partial charge >= 0.3 is 6.03 Å². The van der Waals surface area contributed by atoms with Crippen LogP contribution in [0.2, 0.25) is 0 Å². The SMILES string of the molecule is CN(c1ccccc1)c1ccccc1NC(=O)NC1CCN(C(=O)c2ccoc2)CC1. The minimum atomic E-state index is -0.242. The summed E-state index contributed by atoms with van der Waals surface area (Å²) in [4.78, 5) is 28.9. The molecule has 1 saturated heterocycles. The van der Waals surface area contributed by atoms with Gasteiger partial charge in [0.2, 0.25) is 0 Å². The number of benzene rings is 2. The van der Waals surface area contributed by atoms with Crippen molar-refractivity contribution in [2.75, 3.05) is 30.4 Å². The summed E-state index contributed by atoms with van der Waals surface area (Å²) in [6, 6.07) is 19.2. The molecule has 0 saturated carbocycles. The van der Waals surface area contributed by atoms with E-state index in [1.165, 1.54) is 12.5 Å². The molecule has 3 amide bonds. The number of urea groups is 1. The third-order valence-electron chi connectivity index (χ3n) is 5.54. The Balaban J connectivity index is 1.33. The molecule has 2 N–H and O–H groups in total. The van der Waals surface area contributed by atoms with Crippen LogP contribution in [0.25, 0.3) is 0 Å². The molecule has 0 radical (unpaired) electrons. The van der Waals surface area contributed by atoms with Crippen LogP contribution in [0.3, 0.4) is 0 Å². The zero-order valence-electron chi connectivity index (χ0n) is 17.5. The van der Waals surface area contributed by atoms with Gasteiger partial charge in [0.25, 0.3) is 5.91 Å². The lowest BCUT2D eigenvalue weighted by Crippen LogP contribution is -2.47. The van der Waals surface area contributed by atoms with Crippen molar-refractivity contribution in [2.45, 2.75) is 18.9 Å². The number of rotatable bonds is 5. The largest absolute Gasteiger partial charge is 0.472 e. The number of nitrogens with zero attached hydrogens (tertiary/aromatic N) is 2. The zero-order valence-corrected chi connectivity index (χ0v) is 17.5. The predicted octanol–water partition coefficient (Wildman–Crippen LogP) is 4.47. The van der Waals surface area contributed by atoms with E-state index in [4.69, 9.17) is 4.42 Å². The lowest BCUT2D eigenvalue weighted by molar-refractivity contribution is 0.0708. The second-order valence-corrected chi connectivity index (χ2v) is 7.59. The van der Waals surface area contributed by atoms with Gasteiger partial charge in [-0.3, -0.25) is 4.79 Å². The van der Waals surface area contributed by atoms with E-state index in [1.54, 1.807) is 11.0 Å². The van der Waals surface area contributed by atoms with Crippen LogP contribution in [-0.4, -0.2) is 43.0 Å². The van der Waals surface area contributed by atoms with Crippen LogP contribution in [0, 0.1) is 0 Å². The number of likely N-dealkylation sites (tertiary alicyclic amines) is 1. The van der Waals surface area contributed by atoms with Gasteiger partial charge in [0, 0.05) is 31.9 Å². The first kappa shape index (κ1) is 20.5. The van der Waals surface area contributed by atoms with E-state index in [0.29, 0.717) is 31.5 Å². The fraction of sp³-hybridized carbons (Fsp3) is 0.250. The monoisotopic (exact) mass is 418 g/mol. The van der Waals surface area contributed by atoms with Gasteiger partial charge < -0.3 is 24.9 Å². The number of piperidine rings is 1. The average molecular weight is 418 g/mol. The van der Waals surface area contributed by atoms with E-state index in [-0.39, 0.29) is 18.0 Å². The van der Waals surface area contributed by atoms with Gasteiger partial charge in [-0.2, -0.15) is 0 Å². The number of anilines is 3. The Morgan fingerprint density at radius 3 is 2.42 bits per heavy atom. The van der Waals surface area contributed by atoms with E-state index in [9.17, 15) is 9.59 Å². The van der Waals surface area contributed by atoms with Crippen molar-refractivity contribution in [3.05, 3.63) is 78.8 Å². The van der Waals surface area contributed by atoms with Crippen LogP contribution in [0.5, 0.6) is 0 Å². The average Bonchev–Trinajstić information content (AvgIpc) is 3.35. The number of furan rings is 1. The third-order valence-corrected chi connectivity index (χ3v) is 5.54. The molecule has 1 fully saturated rings. The second-order valence-electron chi connectivity index (χ2n) is 7.59. The number of hydrogen-bond acceptors (Lipinski definition) is 4. The van der Waals surface area contributed by atoms with Gasteiger partial charge in [-0.05, 0) is 43.2 Å². The molecule has 0 bridgehead atoms. The molecular weight excluding hydrogens is 392 g/mol. The highest BCUT2D eigenvalue weighted by Crippen LogP contribution is 2.30. The quantitative estimate of drug-likeness (QED) is 0.641. The van der Waals surface area contributed by atoms with E-state index in [2.05, 4.69) is 10.6 Å². The predicted molar refractivity (Wildman–Crippen MR) is 121 cm³/mol. The molecule has 3 aromatic rings. The van der Waals surface area contributed by atoms with E-state index in [0.717, 1.165) is 17.1 Å². The summed E-state index contributed by atoms with van der Waals surface area (Å²) < 4.78 is 5.00. The first-order valence-electron chi connectivity index (χ1n) is 10.4. The molecular formula is C24H26N4O3. The van der Waals surface area contributed by atoms with Crippen molar-refractivity contribution < 1.29 is 14.0 Å². The summed E-state index contributed by atoms with van der Waals surface area (Å²) >= 11 is 0. The molecule has 7 nitrogen and oxygen atoms in total. The molecule has 0 unspecified atom stereocenters. The summed E-state index contributed by atoms with van der Waals surface area (Å²) in [5.74, 6) is -0.0328. The van der Waals surface area contributed by atoms with Crippen LogP contribution in [0.15, 0.2) is 77.6 Å². The highest BCUT2D eigenvalue weighted by Gasteiger charge is 2.25. The Hall–Kier alpha value is -3.74. The summed E-state index contributed by atoms with van der Waals surface area (Å²) in [6.45, 7) is 1.20. The maximum atomic E-state index is 12.7. The van der Waals surface area contributed by atoms with Crippen molar-refractivity contribution in [3.8, 4) is 0 Å². The van der Waals surface area contributed by atoms with Crippen molar-refractivity contribution >= 4 is 29.0 Å². The number of amides is 3. The lowest BCUT2D eigenvalue weighted by Gasteiger charge is -2.32. The van der Waals surface area contributed by atoms with Gasteiger partial charge in [0.05, 0.1) is 23.2 Å². The molecule has 0 atom stereocenters. The van der Waals surface area contributed by atoms with Gasteiger partial charge in [-0.25, -0.2) is 4.79 Å². The van der Waals surface area contributed by atoms with Crippen LogP contribution >= 0.6 is 0 Å². The first-order chi connectivity index (χ1) is 15.1. The van der Waals surface area contributed by atoms with Gasteiger partial charge in [-0.1, -0.05) is 30.3 Å². The molecule has 0 spiro atoms. The molecule has 1 aliphatic heterocycles. The summed E-state index contributed by atoms with van der Waals surface area (Å²) in [5.41, 5.74) is 3.23. The molecule has 2 heterocycles. The minimum Gasteiger partial charge on any atom is -0.472 e. The van der Waals surface area contributed by atoms with Crippen molar-refractivity contribution in [3.63, 3.8) is 0 Å². The summed E-state index contributed by atoms with van der Waals surface area (Å²) in [6.07, 6.45) is 4.38. The Kier molecular flexibility index (Phi) is 6.21. The Bertz CT molecular complexity index is 1010. The maximum absolute atomic E-state index is 12.7. The number of hydrogen-bond donors (Lipinski definition) is 2. The van der Waals surface area contributed by atoms with Crippen molar-refractivity contribution in [1.82, 2.24) is 10.2 Å². The molecule has 4 rings (SSSR count). The molecule has 1 aromatic heterocycles. The van der Waals surface area contributed by atoms with Gasteiger partial charge in [0.15, 0.2) is 0 Å². The van der Waals surface area contributed by atoms with Gasteiger partial charge in [-0.15, -0.1) is 0 Å². The smallest absolute Gasteiger partial charge is 0.319 e. The molecule has 31 heavy (non-hydrogen) atoms. The maximum Gasteiger partial charge on any atom is 0.319 e.